The highest BCUT2D eigenvalue weighted by Gasteiger charge is 2.19. The van der Waals surface area contributed by atoms with Crippen molar-refractivity contribution in [2.24, 2.45) is 0 Å². The minimum absolute atomic E-state index is 0.608. The average molecular weight is 312 g/mol. The molecule has 1 saturated heterocycles. The summed E-state index contributed by atoms with van der Waals surface area (Å²) in [6, 6.07) is 6.27. The van der Waals surface area contributed by atoms with Gasteiger partial charge in [-0.3, -0.25) is 0 Å². The quantitative estimate of drug-likeness (QED) is 0.905. The van der Waals surface area contributed by atoms with Crippen LogP contribution in [0.1, 0.15) is 11.1 Å². The maximum Gasteiger partial charge on any atom is 0.159 e. The van der Waals surface area contributed by atoms with Gasteiger partial charge in [-0.25, -0.2) is 9.97 Å². The van der Waals surface area contributed by atoms with Gasteiger partial charge >= 0.3 is 0 Å². The highest BCUT2D eigenvalue weighted by Crippen LogP contribution is 2.30. The first kappa shape index (κ1) is 15.6. The number of likely N-dealkylation sites (N-methyl/N-ethyl adjacent to an activating group) is 1. The summed E-state index contributed by atoms with van der Waals surface area (Å²) in [5.74, 6) is 1.49. The minimum Gasteiger partial charge on any atom is -0.393 e. The maximum absolute atomic E-state index is 6.33. The van der Waals surface area contributed by atoms with Gasteiger partial charge in [-0.1, -0.05) is 17.7 Å². The molecule has 0 amide bonds. The summed E-state index contributed by atoms with van der Waals surface area (Å²) in [6.45, 7) is 8.06. The number of nitrogen functional groups attached to an aromatic ring is 1. The van der Waals surface area contributed by atoms with E-state index in [1.165, 1.54) is 11.1 Å². The molecule has 23 heavy (non-hydrogen) atoms. The van der Waals surface area contributed by atoms with E-state index in [1.54, 1.807) is 6.33 Å². The molecule has 2 heterocycles. The summed E-state index contributed by atoms with van der Waals surface area (Å²) in [7, 11) is 2.13. The zero-order chi connectivity index (χ0) is 16.4. The number of nitrogens with two attached hydrogens (primary N) is 1. The van der Waals surface area contributed by atoms with Gasteiger partial charge in [0, 0.05) is 31.9 Å². The first-order valence-electron chi connectivity index (χ1n) is 7.93. The Morgan fingerprint density at radius 3 is 2.52 bits per heavy atom. The van der Waals surface area contributed by atoms with Crippen LogP contribution in [-0.2, 0) is 0 Å². The fourth-order valence-electron chi connectivity index (χ4n) is 2.84. The van der Waals surface area contributed by atoms with Crippen LogP contribution in [0.15, 0.2) is 24.5 Å². The molecule has 0 saturated carbocycles. The van der Waals surface area contributed by atoms with E-state index < -0.39 is 0 Å². The Bertz CT molecular complexity index is 691. The van der Waals surface area contributed by atoms with E-state index >= 15 is 0 Å². The number of aryl methyl sites for hydroxylation is 2. The Kier molecular flexibility index (Phi) is 4.34. The molecular formula is C17H24N6. The van der Waals surface area contributed by atoms with Crippen LogP contribution >= 0.6 is 0 Å². The van der Waals surface area contributed by atoms with Gasteiger partial charge < -0.3 is 20.9 Å². The first-order valence-corrected chi connectivity index (χ1v) is 7.93. The van der Waals surface area contributed by atoms with Crippen molar-refractivity contribution >= 4 is 23.0 Å². The van der Waals surface area contributed by atoms with Crippen LogP contribution < -0.4 is 16.0 Å². The van der Waals surface area contributed by atoms with Crippen molar-refractivity contribution in [1.82, 2.24) is 14.9 Å². The number of hydrogen-bond acceptors (Lipinski definition) is 6. The number of hydrogen-bond donors (Lipinski definition) is 2. The third kappa shape index (κ3) is 3.37. The lowest BCUT2D eigenvalue weighted by Crippen LogP contribution is -2.45. The van der Waals surface area contributed by atoms with Crippen molar-refractivity contribution in [1.29, 1.82) is 0 Å². The molecule has 0 spiro atoms. The summed E-state index contributed by atoms with van der Waals surface area (Å²) in [5.41, 5.74) is 10.4. The number of benzene rings is 1. The van der Waals surface area contributed by atoms with Gasteiger partial charge in [0.15, 0.2) is 11.6 Å². The highest BCUT2D eigenvalue weighted by molar-refractivity contribution is 5.79. The van der Waals surface area contributed by atoms with Gasteiger partial charge in [0.25, 0.3) is 0 Å². The molecule has 0 atom stereocenters. The number of nitrogens with zero attached hydrogens (tertiary/aromatic N) is 4. The molecule has 1 aliphatic heterocycles. The molecule has 3 rings (SSSR count). The van der Waals surface area contributed by atoms with Gasteiger partial charge in [0.05, 0.1) is 0 Å². The molecule has 0 unspecified atom stereocenters. The molecule has 6 heteroatoms. The Morgan fingerprint density at radius 2 is 1.83 bits per heavy atom. The molecule has 2 aromatic rings. The van der Waals surface area contributed by atoms with Gasteiger partial charge in [0.2, 0.25) is 0 Å². The molecule has 0 bridgehead atoms. The molecule has 1 aromatic carbocycles. The van der Waals surface area contributed by atoms with Crippen molar-refractivity contribution in [2.45, 2.75) is 13.8 Å². The van der Waals surface area contributed by atoms with Crippen LogP contribution in [0.25, 0.3) is 0 Å². The van der Waals surface area contributed by atoms with Crippen LogP contribution in [0.4, 0.5) is 23.0 Å². The average Bonchev–Trinajstić information content (AvgIpc) is 2.53. The summed E-state index contributed by atoms with van der Waals surface area (Å²) >= 11 is 0. The molecular weight excluding hydrogens is 288 g/mol. The Morgan fingerprint density at radius 1 is 1.09 bits per heavy atom. The van der Waals surface area contributed by atoms with E-state index in [0.717, 1.165) is 37.7 Å². The zero-order valence-corrected chi connectivity index (χ0v) is 14.0. The number of rotatable bonds is 3. The second-order valence-corrected chi connectivity index (χ2v) is 6.19. The second kappa shape index (κ2) is 6.42. The van der Waals surface area contributed by atoms with Crippen molar-refractivity contribution in [3.63, 3.8) is 0 Å². The smallest absolute Gasteiger partial charge is 0.159 e. The SMILES string of the molecule is Cc1ccc(Nc2ncnc(N3CCN(C)CC3)c2N)c(C)c1. The Labute approximate surface area is 137 Å². The topological polar surface area (TPSA) is 70.3 Å². The van der Waals surface area contributed by atoms with Gasteiger partial charge in [0.1, 0.15) is 12.0 Å². The van der Waals surface area contributed by atoms with Crippen molar-refractivity contribution in [3.05, 3.63) is 35.7 Å². The third-order valence-electron chi connectivity index (χ3n) is 4.30. The number of piperazine rings is 1. The van der Waals surface area contributed by atoms with Crippen LogP contribution in [0.2, 0.25) is 0 Å². The summed E-state index contributed by atoms with van der Waals surface area (Å²) in [5, 5.41) is 3.34. The first-order chi connectivity index (χ1) is 11.0. The van der Waals surface area contributed by atoms with Gasteiger partial charge in [-0.2, -0.15) is 0 Å². The summed E-state index contributed by atoms with van der Waals surface area (Å²) < 4.78 is 0. The van der Waals surface area contributed by atoms with E-state index in [9.17, 15) is 0 Å². The molecule has 1 fully saturated rings. The Hall–Kier alpha value is -2.34. The molecule has 0 radical (unpaired) electrons. The lowest BCUT2D eigenvalue weighted by molar-refractivity contribution is 0.312. The summed E-state index contributed by atoms with van der Waals surface area (Å²) in [6.07, 6.45) is 1.58. The molecule has 1 aliphatic rings. The van der Waals surface area contributed by atoms with Crippen LogP contribution in [0.3, 0.4) is 0 Å². The van der Waals surface area contributed by atoms with Crippen molar-refractivity contribution < 1.29 is 0 Å². The van der Waals surface area contributed by atoms with Crippen LogP contribution in [0, 0.1) is 13.8 Å². The highest BCUT2D eigenvalue weighted by atomic mass is 15.3. The van der Waals surface area contributed by atoms with Crippen molar-refractivity contribution in [2.75, 3.05) is 49.2 Å². The van der Waals surface area contributed by atoms with E-state index in [-0.39, 0.29) is 0 Å². The monoisotopic (exact) mass is 312 g/mol. The van der Waals surface area contributed by atoms with E-state index in [0.29, 0.717) is 11.5 Å². The van der Waals surface area contributed by atoms with Gasteiger partial charge in [-0.15, -0.1) is 0 Å². The molecule has 6 nitrogen and oxygen atoms in total. The third-order valence-corrected chi connectivity index (χ3v) is 4.30. The molecule has 0 aliphatic carbocycles. The standard InChI is InChI=1S/C17H24N6/c1-12-4-5-14(13(2)10-12)21-16-15(18)17(20-11-19-16)23-8-6-22(3)7-9-23/h4-5,10-11H,6-9,18H2,1-3H3,(H,19,20,21). The van der Waals surface area contributed by atoms with Crippen molar-refractivity contribution in [3.8, 4) is 0 Å². The molecule has 3 N–H and O–H groups in total. The van der Waals surface area contributed by atoms with Crippen LogP contribution in [-0.4, -0.2) is 48.1 Å². The normalized spacial score (nSPS) is 15.7. The fraction of sp³-hybridized carbons (Fsp3) is 0.412. The Balaban J connectivity index is 1.85. The van der Waals surface area contributed by atoms with E-state index in [4.69, 9.17) is 5.73 Å². The predicted octanol–water partition coefficient (Wildman–Crippen LogP) is 2.17. The molecule has 1 aromatic heterocycles. The second-order valence-electron chi connectivity index (χ2n) is 6.19. The maximum atomic E-state index is 6.33. The van der Waals surface area contributed by atoms with E-state index in [1.807, 2.05) is 0 Å². The number of anilines is 4. The van der Waals surface area contributed by atoms with E-state index in [2.05, 4.69) is 64.2 Å². The molecule has 122 valence electrons. The predicted molar refractivity (Wildman–Crippen MR) is 95.4 cm³/mol. The number of nitrogens with one attached hydrogen (secondary N) is 1. The lowest BCUT2D eigenvalue weighted by atomic mass is 10.1. The fourth-order valence-corrected chi connectivity index (χ4v) is 2.84. The lowest BCUT2D eigenvalue weighted by Gasteiger charge is -2.33. The number of aromatic nitrogens is 2. The van der Waals surface area contributed by atoms with Crippen LogP contribution in [0.5, 0.6) is 0 Å². The zero-order valence-electron chi connectivity index (χ0n) is 14.0. The summed E-state index contributed by atoms with van der Waals surface area (Å²) in [4.78, 5) is 13.3. The van der Waals surface area contributed by atoms with Gasteiger partial charge in [-0.05, 0) is 32.5 Å². The minimum atomic E-state index is 0.608. The largest absolute Gasteiger partial charge is 0.393 e.